The molecule has 0 unspecified atom stereocenters. The third kappa shape index (κ3) is 5.33. The molecule has 2 amide bonds. The van der Waals surface area contributed by atoms with E-state index in [1.165, 1.54) is 14.0 Å². The van der Waals surface area contributed by atoms with Crippen LogP contribution in [0, 0.1) is 0 Å². The Bertz CT molecular complexity index is 292. The molecule has 0 saturated carbocycles. The molecule has 0 radical (unpaired) electrons. The SMILES string of the molecule is COC(=O)CN(C(C)=O)C(=O)OC(C)(C)C. The predicted molar refractivity (Wildman–Crippen MR) is 55.6 cm³/mol. The molecule has 0 atom stereocenters. The second-order valence-electron chi connectivity index (χ2n) is 4.16. The Kier molecular flexibility index (Phi) is 4.94. The lowest BCUT2D eigenvalue weighted by Crippen LogP contribution is -2.42. The molecule has 0 bridgehead atoms. The smallest absolute Gasteiger partial charge is 0.417 e. The summed E-state index contributed by atoms with van der Waals surface area (Å²) in [4.78, 5) is 34.3. The van der Waals surface area contributed by atoms with E-state index < -0.39 is 30.1 Å². The molecule has 16 heavy (non-hydrogen) atoms. The number of nitrogens with zero attached hydrogens (tertiary/aromatic N) is 1. The fourth-order valence-electron chi connectivity index (χ4n) is 0.815. The van der Waals surface area contributed by atoms with Crippen LogP contribution in [0.15, 0.2) is 0 Å². The van der Waals surface area contributed by atoms with Gasteiger partial charge in [-0.05, 0) is 20.8 Å². The number of esters is 1. The van der Waals surface area contributed by atoms with Gasteiger partial charge in [-0.2, -0.15) is 0 Å². The Balaban J connectivity index is 4.61. The minimum absolute atomic E-state index is 0.444. The van der Waals surface area contributed by atoms with Gasteiger partial charge in [-0.25, -0.2) is 9.69 Å². The highest BCUT2D eigenvalue weighted by molar-refractivity contribution is 5.94. The van der Waals surface area contributed by atoms with Crippen LogP contribution < -0.4 is 0 Å². The fraction of sp³-hybridized carbons (Fsp3) is 0.700. The number of hydrogen-bond acceptors (Lipinski definition) is 5. The summed E-state index contributed by atoms with van der Waals surface area (Å²) in [6.45, 7) is 5.73. The van der Waals surface area contributed by atoms with Crippen LogP contribution in [0.5, 0.6) is 0 Å². The van der Waals surface area contributed by atoms with Crippen molar-refractivity contribution in [1.29, 1.82) is 0 Å². The zero-order valence-electron chi connectivity index (χ0n) is 10.2. The fourth-order valence-corrected chi connectivity index (χ4v) is 0.815. The topological polar surface area (TPSA) is 72.9 Å². The second kappa shape index (κ2) is 5.48. The van der Waals surface area contributed by atoms with E-state index in [4.69, 9.17) is 4.74 Å². The Morgan fingerprint density at radius 3 is 2.00 bits per heavy atom. The molecule has 0 aromatic rings. The van der Waals surface area contributed by atoms with Gasteiger partial charge in [-0.15, -0.1) is 0 Å². The number of hydrogen-bond donors (Lipinski definition) is 0. The summed E-state index contributed by atoms with van der Waals surface area (Å²) in [5, 5.41) is 0. The van der Waals surface area contributed by atoms with Crippen molar-refractivity contribution in [3.05, 3.63) is 0 Å². The van der Waals surface area contributed by atoms with Crippen molar-refractivity contribution in [2.24, 2.45) is 0 Å². The number of rotatable bonds is 2. The van der Waals surface area contributed by atoms with E-state index in [0.29, 0.717) is 4.90 Å². The maximum absolute atomic E-state index is 11.5. The van der Waals surface area contributed by atoms with E-state index in [9.17, 15) is 14.4 Å². The van der Waals surface area contributed by atoms with Gasteiger partial charge in [0.15, 0.2) is 0 Å². The summed E-state index contributed by atoms with van der Waals surface area (Å²) < 4.78 is 9.34. The lowest BCUT2D eigenvalue weighted by Gasteiger charge is -2.24. The zero-order chi connectivity index (χ0) is 12.9. The first-order valence-electron chi connectivity index (χ1n) is 4.75. The number of methoxy groups -OCH3 is 1. The zero-order valence-corrected chi connectivity index (χ0v) is 10.2. The van der Waals surface area contributed by atoms with Gasteiger partial charge in [0.2, 0.25) is 5.91 Å². The average molecular weight is 231 g/mol. The van der Waals surface area contributed by atoms with Crippen molar-refractivity contribution in [1.82, 2.24) is 4.90 Å². The number of ether oxygens (including phenoxy) is 2. The first-order valence-corrected chi connectivity index (χ1v) is 4.75. The monoisotopic (exact) mass is 231 g/mol. The summed E-state index contributed by atoms with van der Waals surface area (Å²) in [7, 11) is 1.18. The van der Waals surface area contributed by atoms with Gasteiger partial charge in [-0.3, -0.25) is 9.59 Å². The van der Waals surface area contributed by atoms with Crippen LogP contribution in [0.2, 0.25) is 0 Å². The summed E-state index contributed by atoms with van der Waals surface area (Å²) in [6.07, 6.45) is -0.856. The lowest BCUT2D eigenvalue weighted by atomic mass is 10.2. The minimum atomic E-state index is -0.856. The predicted octanol–water partition coefficient (Wildman–Crippen LogP) is 0.943. The average Bonchev–Trinajstić information content (AvgIpc) is 2.09. The van der Waals surface area contributed by atoms with Gasteiger partial charge in [0.25, 0.3) is 0 Å². The van der Waals surface area contributed by atoms with Crippen molar-refractivity contribution in [3.63, 3.8) is 0 Å². The van der Waals surface area contributed by atoms with Gasteiger partial charge in [0.1, 0.15) is 12.1 Å². The Hall–Kier alpha value is -1.59. The molecule has 6 heteroatoms. The van der Waals surface area contributed by atoms with Gasteiger partial charge in [-0.1, -0.05) is 0 Å². The standard InChI is InChI=1S/C10H17NO5/c1-7(12)11(6-8(13)15-5)9(14)16-10(2,3)4/h6H2,1-5H3. The highest BCUT2D eigenvalue weighted by Crippen LogP contribution is 2.10. The van der Waals surface area contributed by atoms with E-state index in [1.54, 1.807) is 20.8 Å². The number of imide groups is 1. The first kappa shape index (κ1) is 14.4. The summed E-state index contributed by atoms with van der Waals surface area (Å²) >= 11 is 0. The molecular weight excluding hydrogens is 214 g/mol. The third-order valence-electron chi connectivity index (χ3n) is 1.51. The normalized spacial score (nSPS) is 10.6. The molecule has 0 aliphatic rings. The molecule has 0 heterocycles. The quantitative estimate of drug-likeness (QED) is 0.661. The van der Waals surface area contributed by atoms with Gasteiger partial charge >= 0.3 is 12.1 Å². The lowest BCUT2D eigenvalue weighted by molar-refractivity contribution is -0.145. The first-order chi connectivity index (χ1) is 7.17. The van der Waals surface area contributed by atoms with Crippen LogP contribution >= 0.6 is 0 Å². The molecule has 92 valence electrons. The molecule has 0 rings (SSSR count). The molecule has 6 nitrogen and oxygen atoms in total. The Labute approximate surface area is 94.5 Å². The van der Waals surface area contributed by atoms with Crippen molar-refractivity contribution in [3.8, 4) is 0 Å². The van der Waals surface area contributed by atoms with Crippen molar-refractivity contribution in [2.45, 2.75) is 33.3 Å². The van der Waals surface area contributed by atoms with Crippen LogP contribution in [-0.2, 0) is 19.1 Å². The van der Waals surface area contributed by atoms with Gasteiger partial charge in [0.05, 0.1) is 7.11 Å². The molecule has 0 aliphatic carbocycles. The summed E-state index contributed by atoms with van der Waals surface area (Å²) in [5.74, 6) is -1.25. The van der Waals surface area contributed by atoms with Crippen LogP contribution in [0.3, 0.4) is 0 Å². The third-order valence-corrected chi connectivity index (χ3v) is 1.51. The van der Waals surface area contributed by atoms with Crippen molar-refractivity contribution < 1.29 is 23.9 Å². The molecular formula is C10H17NO5. The second-order valence-corrected chi connectivity index (χ2v) is 4.16. The Morgan fingerprint density at radius 2 is 1.69 bits per heavy atom. The van der Waals surface area contributed by atoms with Crippen molar-refractivity contribution >= 4 is 18.0 Å². The molecule has 0 fully saturated rings. The summed E-state index contributed by atoms with van der Waals surface area (Å²) in [6, 6.07) is 0. The van der Waals surface area contributed by atoms with Crippen LogP contribution in [0.25, 0.3) is 0 Å². The highest BCUT2D eigenvalue weighted by Gasteiger charge is 2.26. The molecule has 0 aliphatic heterocycles. The van der Waals surface area contributed by atoms with Gasteiger partial charge in [0, 0.05) is 6.92 Å². The molecule has 0 N–H and O–H groups in total. The maximum atomic E-state index is 11.5. The number of amides is 2. The number of carbonyl (C=O) groups excluding carboxylic acids is 3. The largest absolute Gasteiger partial charge is 0.468 e. The molecule has 0 aromatic heterocycles. The summed E-state index contributed by atoms with van der Waals surface area (Å²) in [5.41, 5.74) is -0.721. The van der Waals surface area contributed by atoms with Crippen LogP contribution in [0.1, 0.15) is 27.7 Å². The maximum Gasteiger partial charge on any atom is 0.417 e. The van der Waals surface area contributed by atoms with E-state index >= 15 is 0 Å². The van der Waals surface area contributed by atoms with Gasteiger partial charge < -0.3 is 9.47 Å². The van der Waals surface area contributed by atoms with Crippen LogP contribution in [-0.4, -0.2) is 42.1 Å². The van der Waals surface area contributed by atoms with Crippen molar-refractivity contribution in [2.75, 3.05) is 13.7 Å². The highest BCUT2D eigenvalue weighted by atomic mass is 16.6. The molecule has 0 aromatic carbocycles. The van der Waals surface area contributed by atoms with E-state index in [2.05, 4.69) is 4.74 Å². The minimum Gasteiger partial charge on any atom is -0.468 e. The van der Waals surface area contributed by atoms with E-state index in [0.717, 1.165) is 0 Å². The molecule has 0 spiro atoms. The Morgan fingerprint density at radius 1 is 1.19 bits per heavy atom. The van der Waals surface area contributed by atoms with Crippen LogP contribution in [0.4, 0.5) is 4.79 Å². The van der Waals surface area contributed by atoms with E-state index in [-0.39, 0.29) is 0 Å². The number of carbonyl (C=O) groups is 3. The molecule has 0 saturated heterocycles. The van der Waals surface area contributed by atoms with E-state index in [1.807, 2.05) is 0 Å².